The maximum atomic E-state index is 13.8. The van der Waals surface area contributed by atoms with Crippen molar-refractivity contribution in [3.05, 3.63) is 72.3 Å². The Bertz CT molecular complexity index is 1150. The van der Waals surface area contributed by atoms with E-state index in [4.69, 9.17) is 4.74 Å². The SMILES string of the molecule is Cc1ccc(S(=O)(=O)N(C[C@]23CCCC[C@H]2O3)c2cccc3ccccc23)cc1. The number of fused-ring (bicyclic) bond motifs is 2. The number of hydrogen-bond donors (Lipinski definition) is 0. The standard InChI is InChI=1S/C24H25NO3S/c1-18-12-14-20(15-13-18)29(26,27)25(17-24-16-5-4-11-23(24)28-24)22-10-6-8-19-7-2-3-9-21(19)22/h2-3,6-10,12-15,23H,4-5,11,16-17H2,1H3/t23-,24-/m1/s1. The predicted octanol–water partition coefficient (Wildman–Crippen LogP) is 5.06. The molecule has 0 radical (unpaired) electrons. The smallest absolute Gasteiger partial charge is 0.264 e. The van der Waals surface area contributed by atoms with Gasteiger partial charge >= 0.3 is 0 Å². The maximum absolute atomic E-state index is 13.8. The summed E-state index contributed by atoms with van der Waals surface area (Å²) < 4.78 is 35.2. The molecular weight excluding hydrogens is 382 g/mol. The molecule has 1 heterocycles. The minimum atomic E-state index is -3.72. The summed E-state index contributed by atoms with van der Waals surface area (Å²) in [6.07, 6.45) is 4.37. The summed E-state index contributed by atoms with van der Waals surface area (Å²) in [4.78, 5) is 0.320. The number of epoxide rings is 1. The molecule has 1 saturated heterocycles. The van der Waals surface area contributed by atoms with Gasteiger partial charge in [-0.25, -0.2) is 8.42 Å². The summed E-state index contributed by atoms with van der Waals surface area (Å²) in [7, 11) is -3.72. The second kappa shape index (κ2) is 6.85. The first-order chi connectivity index (χ1) is 14.0. The van der Waals surface area contributed by atoms with Crippen LogP contribution in [0.3, 0.4) is 0 Å². The van der Waals surface area contributed by atoms with Crippen molar-refractivity contribution in [1.29, 1.82) is 0 Å². The molecule has 4 nitrogen and oxygen atoms in total. The average Bonchev–Trinajstić information content (AvgIpc) is 3.46. The van der Waals surface area contributed by atoms with Gasteiger partial charge in [-0.05, 0) is 43.4 Å². The zero-order valence-electron chi connectivity index (χ0n) is 16.5. The summed E-state index contributed by atoms with van der Waals surface area (Å²) >= 11 is 0. The Hall–Kier alpha value is -2.37. The molecule has 0 unspecified atom stereocenters. The Balaban J connectivity index is 1.64. The Morgan fingerprint density at radius 1 is 1.00 bits per heavy atom. The molecule has 3 aromatic rings. The molecule has 0 aromatic heterocycles. The van der Waals surface area contributed by atoms with E-state index in [0.29, 0.717) is 11.4 Å². The summed E-state index contributed by atoms with van der Waals surface area (Å²) in [5, 5.41) is 1.97. The lowest BCUT2D eigenvalue weighted by Gasteiger charge is -2.30. The summed E-state index contributed by atoms with van der Waals surface area (Å²) in [6.45, 7) is 2.32. The van der Waals surface area contributed by atoms with Crippen molar-refractivity contribution in [3.63, 3.8) is 0 Å². The van der Waals surface area contributed by atoms with Crippen LogP contribution in [0.1, 0.15) is 31.2 Å². The number of benzene rings is 3. The molecular formula is C24H25NO3S. The minimum absolute atomic E-state index is 0.182. The number of nitrogens with zero attached hydrogens (tertiary/aromatic N) is 1. The van der Waals surface area contributed by atoms with Crippen LogP contribution in [-0.2, 0) is 14.8 Å². The van der Waals surface area contributed by atoms with Crippen molar-refractivity contribution in [3.8, 4) is 0 Å². The van der Waals surface area contributed by atoms with Crippen LogP contribution in [0.4, 0.5) is 5.69 Å². The van der Waals surface area contributed by atoms with Gasteiger partial charge in [0.25, 0.3) is 10.0 Å². The zero-order chi connectivity index (χ0) is 20.1. The fraction of sp³-hybridized carbons (Fsp3) is 0.333. The Morgan fingerprint density at radius 3 is 2.55 bits per heavy atom. The van der Waals surface area contributed by atoms with Gasteiger partial charge in [0, 0.05) is 5.39 Å². The molecule has 0 amide bonds. The molecule has 150 valence electrons. The number of rotatable bonds is 5. The van der Waals surface area contributed by atoms with Gasteiger partial charge in [0.1, 0.15) is 5.60 Å². The monoisotopic (exact) mass is 407 g/mol. The van der Waals surface area contributed by atoms with Gasteiger partial charge in [0.15, 0.2) is 0 Å². The molecule has 2 atom stereocenters. The first-order valence-corrected chi connectivity index (χ1v) is 11.7. The van der Waals surface area contributed by atoms with Gasteiger partial charge in [-0.2, -0.15) is 0 Å². The molecule has 0 N–H and O–H groups in total. The first kappa shape index (κ1) is 18.6. The molecule has 2 fully saturated rings. The maximum Gasteiger partial charge on any atom is 0.264 e. The number of ether oxygens (including phenoxy) is 1. The van der Waals surface area contributed by atoms with Crippen molar-refractivity contribution < 1.29 is 13.2 Å². The molecule has 1 aliphatic carbocycles. The fourth-order valence-corrected chi connectivity index (χ4v) is 6.11. The molecule has 29 heavy (non-hydrogen) atoms. The third kappa shape index (κ3) is 3.22. The molecule has 0 bridgehead atoms. The molecule has 3 aromatic carbocycles. The number of sulfonamides is 1. The summed E-state index contributed by atoms with van der Waals surface area (Å²) in [5.74, 6) is 0. The van der Waals surface area contributed by atoms with Crippen LogP contribution in [0.2, 0.25) is 0 Å². The first-order valence-electron chi connectivity index (χ1n) is 10.2. The fourth-order valence-electron chi connectivity index (χ4n) is 4.57. The lowest BCUT2D eigenvalue weighted by atomic mass is 9.89. The minimum Gasteiger partial charge on any atom is -0.364 e. The highest BCUT2D eigenvalue weighted by atomic mass is 32.2. The van der Waals surface area contributed by atoms with Gasteiger partial charge in [-0.15, -0.1) is 0 Å². The van der Waals surface area contributed by atoms with Crippen LogP contribution in [0.5, 0.6) is 0 Å². The lowest BCUT2D eigenvalue weighted by molar-refractivity contribution is 0.292. The van der Waals surface area contributed by atoms with Crippen molar-refractivity contribution >= 4 is 26.5 Å². The van der Waals surface area contributed by atoms with E-state index >= 15 is 0 Å². The highest BCUT2D eigenvalue weighted by Gasteiger charge is 2.58. The quantitative estimate of drug-likeness (QED) is 0.556. The van der Waals surface area contributed by atoms with E-state index in [1.54, 1.807) is 16.4 Å². The highest BCUT2D eigenvalue weighted by molar-refractivity contribution is 7.92. The Morgan fingerprint density at radius 2 is 1.76 bits per heavy atom. The van der Waals surface area contributed by atoms with Crippen LogP contribution in [0.25, 0.3) is 10.8 Å². The van der Waals surface area contributed by atoms with E-state index < -0.39 is 10.0 Å². The highest BCUT2D eigenvalue weighted by Crippen LogP contribution is 2.49. The molecule has 0 spiro atoms. The van der Waals surface area contributed by atoms with Crippen molar-refractivity contribution in [1.82, 2.24) is 0 Å². The lowest BCUT2D eigenvalue weighted by Crippen LogP contribution is -2.41. The number of anilines is 1. The average molecular weight is 408 g/mol. The van der Waals surface area contributed by atoms with Crippen LogP contribution in [0, 0.1) is 6.92 Å². The van der Waals surface area contributed by atoms with Gasteiger partial charge < -0.3 is 4.74 Å². The molecule has 5 heteroatoms. The van der Waals surface area contributed by atoms with Gasteiger partial charge in [-0.1, -0.05) is 66.9 Å². The normalized spacial score (nSPS) is 23.6. The van der Waals surface area contributed by atoms with Crippen molar-refractivity contribution in [2.24, 2.45) is 0 Å². The van der Waals surface area contributed by atoms with Crippen molar-refractivity contribution in [2.45, 2.75) is 49.2 Å². The molecule has 1 aliphatic heterocycles. The van der Waals surface area contributed by atoms with E-state index in [2.05, 4.69) is 0 Å². The molecule has 1 saturated carbocycles. The van der Waals surface area contributed by atoms with E-state index in [9.17, 15) is 8.42 Å². The van der Waals surface area contributed by atoms with Gasteiger partial charge in [0.2, 0.25) is 0 Å². The predicted molar refractivity (Wildman–Crippen MR) is 116 cm³/mol. The van der Waals surface area contributed by atoms with E-state index in [1.807, 2.05) is 61.5 Å². The summed E-state index contributed by atoms with van der Waals surface area (Å²) in [6, 6.07) is 20.9. The van der Waals surface area contributed by atoms with Crippen LogP contribution in [0.15, 0.2) is 71.6 Å². The third-order valence-electron chi connectivity index (χ3n) is 6.28. The van der Waals surface area contributed by atoms with E-state index in [-0.39, 0.29) is 11.7 Å². The van der Waals surface area contributed by atoms with Crippen molar-refractivity contribution in [2.75, 3.05) is 10.8 Å². The van der Waals surface area contributed by atoms with Gasteiger partial charge in [0.05, 0.1) is 23.2 Å². The van der Waals surface area contributed by atoms with E-state index in [0.717, 1.165) is 47.7 Å². The number of aryl methyl sites for hydroxylation is 1. The third-order valence-corrected chi connectivity index (χ3v) is 8.05. The molecule has 2 aliphatic rings. The Kier molecular flexibility index (Phi) is 4.41. The Labute approximate surface area is 172 Å². The second-order valence-electron chi connectivity index (χ2n) is 8.24. The van der Waals surface area contributed by atoms with Crippen LogP contribution in [-0.4, -0.2) is 26.7 Å². The largest absolute Gasteiger partial charge is 0.364 e. The van der Waals surface area contributed by atoms with Crippen LogP contribution < -0.4 is 4.31 Å². The zero-order valence-corrected chi connectivity index (χ0v) is 17.4. The van der Waals surface area contributed by atoms with Gasteiger partial charge in [-0.3, -0.25) is 4.31 Å². The van der Waals surface area contributed by atoms with Crippen LogP contribution >= 0.6 is 0 Å². The second-order valence-corrected chi connectivity index (χ2v) is 10.1. The summed E-state index contributed by atoms with van der Waals surface area (Å²) in [5.41, 5.74) is 1.42. The number of hydrogen-bond acceptors (Lipinski definition) is 3. The molecule has 5 rings (SSSR count). The van der Waals surface area contributed by atoms with E-state index in [1.165, 1.54) is 0 Å². The topological polar surface area (TPSA) is 49.9 Å².